The molecule has 202 valence electrons. The smallest absolute Gasteiger partial charge is 0.313 e. The van der Waals surface area contributed by atoms with Crippen LogP contribution < -0.4 is 0 Å². The van der Waals surface area contributed by atoms with Crippen LogP contribution in [0.1, 0.15) is 70.8 Å². The number of thioether (sulfide) groups is 1. The summed E-state index contributed by atoms with van der Waals surface area (Å²) in [5.74, 6) is -1.52. The molecule has 1 saturated heterocycles. The van der Waals surface area contributed by atoms with Gasteiger partial charge in [0.05, 0.1) is 24.5 Å². The summed E-state index contributed by atoms with van der Waals surface area (Å²) in [6.07, 6.45) is 5.40. The number of amides is 1. The van der Waals surface area contributed by atoms with Crippen LogP contribution >= 0.6 is 11.8 Å². The number of carbonyl (C=O) groups is 3. The number of aliphatic hydroxyl groups excluding tert-OH is 1. The van der Waals surface area contributed by atoms with Gasteiger partial charge in [0, 0.05) is 13.5 Å². The Balaban J connectivity index is 2.30. The number of unbranched alkanes of at least 4 members (excludes halogenated alkanes) is 4. The van der Waals surface area contributed by atoms with E-state index in [1.165, 1.54) is 4.90 Å². The molecule has 2 rings (SSSR count). The van der Waals surface area contributed by atoms with E-state index in [0.717, 1.165) is 37.7 Å². The zero-order valence-corrected chi connectivity index (χ0v) is 23.0. The van der Waals surface area contributed by atoms with E-state index in [0.29, 0.717) is 25.0 Å². The molecule has 0 saturated carbocycles. The average Bonchev–Trinajstić information content (AvgIpc) is 2.87. The van der Waals surface area contributed by atoms with Crippen LogP contribution in [-0.4, -0.2) is 71.3 Å². The molecular weight excluding hydrogens is 478 g/mol. The molecule has 5 atom stereocenters. The van der Waals surface area contributed by atoms with Crippen LogP contribution in [0.2, 0.25) is 0 Å². The normalized spacial score (nSPS) is 26.1. The van der Waals surface area contributed by atoms with Crippen molar-refractivity contribution in [2.45, 2.75) is 96.0 Å². The van der Waals surface area contributed by atoms with E-state index in [1.807, 2.05) is 36.6 Å². The minimum Gasteiger partial charge on any atom is -0.461 e. The van der Waals surface area contributed by atoms with Crippen molar-refractivity contribution in [2.75, 3.05) is 19.1 Å². The van der Waals surface area contributed by atoms with Crippen LogP contribution in [0.4, 0.5) is 0 Å². The zero-order chi connectivity index (χ0) is 26.5. The third-order valence-electron chi connectivity index (χ3n) is 6.88. The Kier molecular flexibility index (Phi) is 13.3. The molecule has 1 aliphatic rings. The lowest BCUT2D eigenvalue weighted by Gasteiger charge is -2.35. The summed E-state index contributed by atoms with van der Waals surface area (Å²) in [5, 5.41) is 11.1. The lowest BCUT2D eigenvalue weighted by molar-refractivity contribution is -0.174. The van der Waals surface area contributed by atoms with Gasteiger partial charge in [0.25, 0.3) is 5.91 Å². The van der Waals surface area contributed by atoms with Gasteiger partial charge < -0.3 is 19.5 Å². The van der Waals surface area contributed by atoms with Gasteiger partial charge in [0.2, 0.25) is 0 Å². The second-order valence-electron chi connectivity index (χ2n) is 9.70. The third kappa shape index (κ3) is 9.43. The molecule has 0 aliphatic carbocycles. The number of hydrogen-bond acceptors (Lipinski definition) is 7. The molecule has 0 aromatic heterocycles. The summed E-state index contributed by atoms with van der Waals surface area (Å²) < 4.78 is 11.5. The molecule has 1 aromatic rings. The molecule has 1 amide bonds. The van der Waals surface area contributed by atoms with Gasteiger partial charge in [-0.05, 0) is 43.8 Å². The van der Waals surface area contributed by atoms with Crippen molar-refractivity contribution in [2.24, 2.45) is 5.92 Å². The summed E-state index contributed by atoms with van der Waals surface area (Å²) in [7, 11) is 1.60. The third-order valence-corrected chi connectivity index (χ3v) is 7.52. The Labute approximate surface area is 220 Å². The molecule has 7 nitrogen and oxygen atoms in total. The Morgan fingerprint density at radius 3 is 2.39 bits per heavy atom. The first-order valence-electron chi connectivity index (χ1n) is 13.2. The van der Waals surface area contributed by atoms with E-state index >= 15 is 0 Å². The molecular formula is C28H43NO6S. The van der Waals surface area contributed by atoms with Crippen molar-refractivity contribution in [1.82, 2.24) is 4.90 Å². The van der Waals surface area contributed by atoms with Gasteiger partial charge in [-0.1, -0.05) is 62.9 Å². The number of nitrogens with zero attached hydrogens (tertiary/aromatic N) is 1. The van der Waals surface area contributed by atoms with Crippen LogP contribution in [0, 0.1) is 5.92 Å². The van der Waals surface area contributed by atoms with Crippen molar-refractivity contribution in [3.8, 4) is 0 Å². The average molecular weight is 522 g/mol. The Hall–Kier alpha value is -2.06. The summed E-state index contributed by atoms with van der Waals surface area (Å²) in [5.41, 5.74) is 0.929. The maximum Gasteiger partial charge on any atom is 0.313 e. The van der Waals surface area contributed by atoms with E-state index in [1.54, 1.807) is 25.7 Å². The van der Waals surface area contributed by atoms with Gasteiger partial charge in [0.15, 0.2) is 6.10 Å². The lowest BCUT2D eigenvalue weighted by atomic mass is 9.96. The fourth-order valence-electron chi connectivity index (χ4n) is 4.52. The number of rotatable bonds is 11. The van der Waals surface area contributed by atoms with E-state index in [4.69, 9.17) is 9.47 Å². The monoisotopic (exact) mass is 521 g/mol. The van der Waals surface area contributed by atoms with Crippen molar-refractivity contribution in [3.63, 3.8) is 0 Å². The van der Waals surface area contributed by atoms with Crippen LogP contribution in [0.15, 0.2) is 30.3 Å². The van der Waals surface area contributed by atoms with Crippen molar-refractivity contribution in [1.29, 1.82) is 0 Å². The minimum atomic E-state index is -1.12. The molecule has 1 aliphatic heterocycles. The van der Waals surface area contributed by atoms with Crippen LogP contribution in [-0.2, 0) is 30.3 Å². The van der Waals surface area contributed by atoms with Gasteiger partial charge in [-0.25, -0.2) is 0 Å². The van der Waals surface area contributed by atoms with E-state index in [9.17, 15) is 19.5 Å². The van der Waals surface area contributed by atoms with Crippen molar-refractivity contribution in [3.05, 3.63) is 35.9 Å². The lowest BCUT2D eigenvalue weighted by Crippen LogP contribution is -2.52. The molecule has 0 radical (unpaired) electrons. The molecule has 36 heavy (non-hydrogen) atoms. The highest BCUT2D eigenvalue weighted by molar-refractivity contribution is 7.98. The number of esters is 2. The van der Waals surface area contributed by atoms with Crippen LogP contribution in [0.25, 0.3) is 0 Å². The van der Waals surface area contributed by atoms with E-state index in [-0.39, 0.29) is 12.3 Å². The quantitative estimate of drug-likeness (QED) is 0.341. The number of ether oxygens (including phenoxy) is 2. The predicted octanol–water partition coefficient (Wildman–Crippen LogP) is 4.39. The second kappa shape index (κ2) is 15.9. The van der Waals surface area contributed by atoms with E-state index < -0.39 is 42.2 Å². The summed E-state index contributed by atoms with van der Waals surface area (Å²) in [6.45, 7) is 3.84. The highest BCUT2D eigenvalue weighted by Gasteiger charge is 2.38. The molecule has 1 fully saturated rings. The molecule has 0 bridgehead atoms. The first-order chi connectivity index (χ1) is 17.3. The summed E-state index contributed by atoms with van der Waals surface area (Å²) in [6, 6.07) is 8.84. The maximum atomic E-state index is 13.5. The zero-order valence-electron chi connectivity index (χ0n) is 22.2. The topological polar surface area (TPSA) is 93.1 Å². The van der Waals surface area contributed by atoms with Crippen LogP contribution in [0.5, 0.6) is 0 Å². The second-order valence-corrected chi connectivity index (χ2v) is 10.7. The Morgan fingerprint density at radius 2 is 1.72 bits per heavy atom. The van der Waals surface area contributed by atoms with Crippen molar-refractivity contribution >= 4 is 29.6 Å². The van der Waals surface area contributed by atoms with E-state index in [2.05, 4.69) is 6.92 Å². The first-order valence-corrected chi connectivity index (χ1v) is 14.5. The highest BCUT2D eigenvalue weighted by Crippen LogP contribution is 2.24. The fraction of sp³-hybridized carbons (Fsp3) is 0.679. The molecule has 0 spiro atoms. The minimum absolute atomic E-state index is 0.251. The van der Waals surface area contributed by atoms with Gasteiger partial charge in [-0.2, -0.15) is 11.8 Å². The molecule has 2 unspecified atom stereocenters. The van der Waals surface area contributed by atoms with Gasteiger partial charge in [-0.3, -0.25) is 14.4 Å². The highest BCUT2D eigenvalue weighted by atomic mass is 32.2. The number of benzene rings is 1. The largest absolute Gasteiger partial charge is 0.461 e. The molecule has 8 heteroatoms. The SMILES string of the molecule is CCCCCCCC1OC(=O)C[C@@H](O)[C@H](Cc2ccccc2)N(C)C(=O)C(CCSC)OC(=O)[C@H]1C. The standard InChI is InChI=1S/C28H43NO6S/c1-5-6-7-8-12-15-24-20(2)28(33)35-25(16-17-36-4)27(32)29(3)22(23(30)19-26(31)34-24)18-21-13-10-9-11-14-21/h9-11,13-14,20,22-25,30H,5-8,12,15-19H2,1-4H3/t20-,22-,23+,24?,25?/m0/s1. The Bertz CT molecular complexity index is 820. The molecule has 1 N–H and O–H groups in total. The number of carbonyl (C=O) groups excluding carboxylic acids is 3. The predicted molar refractivity (Wildman–Crippen MR) is 143 cm³/mol. The fourth-order valence-corrected chi connectivity index (χ4v) is 4.97. The van der Waals surface area contributed by atoms with Gasteiger partial charge >= 0.3 is 11.9 Å². The number of aliphatic hydroxyl groups is 1. The van der Waals surface area contributed by atoms with Crippen LogP contribution in [0.3, 0.4) is 0 Å². The molecule has 1 heterocycles. The maximum absolute atomic E-state index is 13.5. The number of likely N-dealkylation sites (N-methyl/N-ethyl adjacent to an activating group) is 1. The summed E-state index contributed by atoms with van der Waals surface area (Å²) >= 11 is 1.57. The number of hydrogen-bond donors (Lipinski definition) is 1. The number of cyclic esters (lactones) is 2. The Morgan fingerprint density at radius 1 is 1.03 bits per heavy atom. The summed E-state index contributed by atoms with van der Waals surface area (Å²) in [4.78, 5) is 40.9. The van der Waals surface area contributed by atoms with Gasteiger partial charge in [0.1, 0.15) is 6.10 Å². The van der Waals surface area contributed by atoms with Crippen molar-refractivity contribution < 1.29 is 29.0 Å². The first kappa shape index (κ1) is 30.2. The van der Waals surface area contributed by atoms with Gasteiger partial charge in [-0.15, -0.1) is 0 Å². The molecule has 1 aromatic carbocycles.